The number of nitrogens with zero attached hydrogens (tertiary/aromatic N) is 3. The molecule has 2 aromatic carbocycles. The van der Waals surface area contributed by atoms with Crippen molar-refractivity contribution in [1.29, 1.82) is 0 Å². The lowest BCUT2D eigenvalue weighted by Gasteiger charge is -2.36. The Morgan fingerprint density at radius 1 is 1.15 bits per heavy atom. The number of cyclic esters (lactones) is 1. The van der Waals surface area contributed by atoms with E-state index < -0.39 is 17.7 Å². The normalized spacial score (nSPS) is 17.3. The SMILES string of the molecule is CC[C@H]1CN([C@@H](c2nc(-c3cc(F)ccc3F)cn2Cc2ccccc2)C(C)(C)C)C(=O)O1. The molecule has 33 heavy (non-hydrogen) atoms. The maximum Gasteiger partial charge on any atom is 0.410 e. The highest BCUT2D eigenvalue weighted by molar-refractivity contribution is 5.71. The van der Waals surface area contributed by atoms with Gasteiger partial charge in [-0.15, -0.1) is 0 Å². The topological polar surface area (TPSA) is 47.4 Å². The smallest absolute Gasteiger partial charge is 0.410 e. The maximum atomic E-state index is 14.6. The van der Waals surface area contributed by atoms with Crippen LogP contribution in [-0.4, -0.2) is 33.2 Å². The van der Waals surface area contributed by atoms with Crippen LogP contribution in [0.3, 0.4) is 0 Å². The van der Waals surface area contributed by atoms with Crippen molar-refractivity contribution < 1.29 is 18.3 Å². The van der Waals surface area contributed by atoms with Crippen molar-refractivity contribution in [3.63, 3.8) is 0 Å². The predicted molar refractivity (Wildman–Crippen MR) is 123 cm³/mol. The second-order valence-electron chi connectivity index (χ2n) is 9.56. The number of imidazole rings is 1. The van der Waals surface area contributed by atoms with Crippen molar-refractivity contribution in [1.82, 2.24) is 14.5 Å². The molecule has 2 atom stereocenters. The van der Waals surface area contributed by atoms with Gasteiger partial charge in [0.05, 0.1) is 18.3 Å². The van der Waals surface area contributed by atoms with Crippen molar-refractivity contribution in [2.75, 3.05) is 6.54 Å². The summed E-state index contributed by atoms with van der Waals surface area (Å²) in [5.41, 5.74) is 1.06. The number of halogens is 2. The van der Waals surface area contributed by atoms with Crippen LogP contribution in [0.25, 0.3) is 11.3 Å². The summed E-state index contributed by atoms with van der Waals surface area (Å²) in [5.74, 6) is -0.475. The molecule has 1 saturated heterocycles. The van der Waals surface area contributed by atoms with Gasteiger partial charge in [0.25, 0.3) is 0 Å². The molecule has 1 amide bonds. The van der Waals surface area contributed by atoms with Gasteiger partial charge in [-0.1, -0.05) is 58.0 Å². The minimum atomic E-state index is -0.550. The van der Waals surface area contributed by atoms with Gasteiger partial charge in [0.15, 0.2) is 0 Å². The Kier molecular flexibility index (Phi) is 6.23. The second-order valence-corrected chi connectivity index (χ2v) is 9.56. The molecular formula is C26H29F2N3O2. The van der Waals surface area contributed by atoms with E-state index in [0.717, 1.165) is 30.2 Å². The van der Waals surface area contributed by atoms with Gasteiger partial charge in [0.1, 0.15) is 23.6 Å². The lowest BCUT2D eigenvalue weighted by molar-refractivity contribution is 0.103. The highest BCUT2D eigenvalue weighted by Gasteiger charge is 2.43. The van der Waals surface area contributed by atoms with Crippen LogP contribution in [0.4, 0.5) is 13.6 Å². The fraction of sp³-hybridized carbons (Fsp3) is 0.385. The number of carbonyl (C=O) groups is 1. The van der Waals surface area contributed by atoms with E-state index in [0.29, 0.717) is 24.6 Å². The van der Waals surface area contributed by atoms with Crippen LogP contribution >= 0.6 is 0 Å². The fourth-order valence-corrected chi connectivity index (χ4v) is 4.34. The average molecular weight is 454 g/mol. The van der Waals surface area contributed by atoms with E-state index >= 15 is 0 Å². The van der Waals surface area contributed by atoms with E-state index in [4.69, 9.17) is 9.72 Å². The van der Waals surface area contributed by atoms with Gasteiger partial charge in [-0.3, -0.25) is 4.90 Å². The zero-order valence-electron chi connectivity index (χ0n) is 19.4. The van der Waals surface area contributed by atoms with E-state index in [-0.39, 0.29) is 23.2 Å². The summed E-state index contributed by atoms with van der Waals surface area (Å²) in [6.07, 6.45) is 1.89. The van der Waals surface area contributed by atoms with E-state index in [1.165, 1.54) is 0 Å². The molecule has 1 aliphatic rings. The van der Waals surface area contributed by atoms with E-state index in [1.807, 2.05) is 62.6 Å². The van der Waals surface area contributed by atoms with E-state index in [2.05, 4.69) is 0 Å². The molecule has 0 unspecified atom stereocenters. The summed E-state index contributed by atoms with van der Waals surface area (Å²) in [4.78, 5) is 19.3. The number of amides is 1. The number of carbonyl (C=O) groups excluding carboxylic acids is 1. The van der Waals surface area contributed by atoms with Gasteiger partial charge in [0.2, 0.25) is 0 Å². The minimum absolute atomic E-state index is 0.0890. The summed E-state index contributed by atoms with van der Waals surface area (Å²) in [6.45, 7) is 9.03. The predicted octanol–water partition coefficient (Wildman–Crippen LogP) is 6.19. The number of rotatable bonds is 6. The molecule has 7 heteroatoms. The van der Waals surface area contributed by atoms with Crippen LogP contribution in [0.15, 0.2) is 54.7 Å². The Bertz CT molecular complexity index is 1140. The molecule has 0 aliphatic carbocycles. The van der Waals surface area contributed by atoms with Crippen LogP contribution in [-0.2, 0) is 11.3 Å². The van der Waals surface area contributed by atoms with E-state index in [9.17, 15) is 13.6 Å². The number of aromatic nitrogens is 2. The van der Waals surface area contributed by atoms with Crippen molar-refractivity contribution in [3.05, 3.63) is 77.8 Å². The molecule has 0 N–H and O–H groups in total. The Morgan fingerprint density at radius 3 is 2.52 bits per heavy atom. The first-order chi connectivity index (χ1) is 15.7. The fourth-order valence-electron chi connectivity index (χ4n) is 4.34. The van der Waals surface area contributed by atoms with Gasteiger partial charge in [-0.05, 0) is 35.6 Å². The lowest BCUT2D eigenvalue weighted by Crippen LogP contribution is -2.39. The standard InChI is InChI=1S/C26H29F2N3O2/c1-5-19-15-31(25(32)33-19)23(26(2,3)4)24-29-22(20-13-18(27)11-12-21(20)28)16-30(24)14-17-9-7-6-8-10-17/h6-13,16,19,23H,5,14-15H2,1-4H3/t19-,23-/m0/s1. The molecule has 0 saturated carbocycles. The van der Waals surface area contributed by atoms with Crippen LogP contribution in [0, 0.1) is 17.0 Å². The zero-order chi connectivity index (χ0) is 23.8. The number of hydrogen-bond acceptors (Lipinski definition) is 3. The second kappa shape index (κ2) is 8.96. The van der Waals surface area contributed by atoms with Crippen molar-refractivity contribution >= 4 is 6.09 Å². The molecule has 2 heterocycles. The minimum Gasteiger partial charge on any atom is -0.444 e. The maximum absolute atomic E-state index is 14.6. The molecule has 1 aromatic heterocycles. The Balaban J connectivity index is 1.85. The largest absolute Gasteiger partial charge is 0.444 e. The van der Waals surface area contributed by atoms with Gasteiger partial charge in [-0.2, -0.15) is 0 Å². The molecule has 0 radical (unpaired) electrons. The molecule has 3 aromatic rings. The number of benzene rings is 2. The molecule has 1 fully saturated rings. The Labute approximate surface area is 193 Å². The first-order valence-electron chi connectivity index (χ1n) is 11.2. The van der Waals surface area contributed by atoms with Crippen molar-refractivity contribution in [3.8, 4) is 11.3 Å². The summed E-state index contributed by atoms with van der Waals surface area (Å²) in [5, 5.41) is 0. The lowest BCUT2D eigenvalue weighted by atomic mass is 9.85. The average Bonchev–Trinajstić information content (AvgIpc) is 3.33. The van der Waals surface area contributed by atoms with Gasteiger partial charge in [0, 0.05) is 18.3 Å². The third kappa shape index (κ3) is 4.77. The van der Waals surface area contributed by atoms with Crippen LogP contribution < -0.4 is 0 Å². The first kappa shape index (κ1) is 23.0. The van der Waals surface area contributed by atoms with Crippen LogP contribution in [0.1, 0.15) is 51.5 Å². The monoisotopic (exact) mass is 453 g/mol. The van der Waals surface area contributed by atoms with Crippen molar-refractivity contribution in [2.45, 2.75) is 52.8 Å². The number of ether oxygens (including phenoxy) is 1. The Hall–Kier alpha value is -3.22. The number of hydrogen-bond donors (Lipinski definition) is 0. The molecule has 1 aliphatic heterocycles. The third-order valence-corrected chi connectivity index (χ3v) is 5.94. The van der Waals surface area contributed by atoms with Crippen LogP contribution in [0.5, 0.6) is 0 Å². The van der Waals surface area contributed by atoms with Gasteiger partial charge < -0.3 is 9.30 Å². The molecule has 5 nitrogen and oxygen atoms in total. The zero-order valence-corrected chi connectivity index (χ0v) is 19.4. The molecule has 0 spiro atoms. The first-order valence-corrected chi connectivity index (χ1v) is 11.2. The van der Waals surface area contributed by atoms with Crippen LogP contribution in [0.2, 0.25) is 0 Å². The molecule has 174 valence electrons. The summed E-state index contributed by atoms with van der Waals surface area (Å²) in [6, 6.07) is 12.7. The molecule has 0 bridgehead atoms. The summed E-state index contributed by atoms with van der Waals surface area (Å²) >= 11 is 0. The quantitative estimate of drug-likeness (QED) is 0.447. The highest BCUT2D eigenvalue weighted by atomic mass is 19.1. The molecular weight excluding hydrogens is 424 g/mol. The van der Waals surface area contributed by atoms with Crippen molar-refractivity contribution in [2.24, 2.45) is 5.41 Å². The summed E-state index contributed by atoms with van der Waals surface area (Å²) in [7, 11) is 0. The third-order valence-electron chi connectivity index (χ3n) is 5.94. The van der Waals surface area contributed by atoms with Gasteiger partial charge >= 0.3 is 6.09 Å². The van der Waals surface area contributed by atoms with Gasteiger partial charge in [-0.25, -0.2) is 18.6 Å². The van der Waals surface area contributed by atoms with E-state index in [1.54, 1.807) is 11.1 Å². The Morgan fingerprint density at radius 2 is 1.88 bits per heavy atom. The highest BCUT2D eigenvalue weighted by Crippen LogP contribution is 2.41. The summed E-state index contributed by atoms with van der Waals surface area (Å²) < 4.78 is 36.0. The molecule has 4 rings (SSSR count).